The molecule has 1 saturated heterocycles. The number of benzene rings is 1. The molecule has 0 bridgehead atoms. The van der Waals surface area contributed by atoms with Gasteiger partial charge in [0.25, 0.3) is 11.5 Å². The standard InChI is InChI=1S/C18H21N3O4/c1-24-16-5-4-13(18(23)21-7-9-25-10-8-21)11-15(16)20-12-14-3-2-6-19-17(14)22/h2-6,11,20H,7-10,12H2,1H3,(H,19,22). The Morgan fingerprint density at radius 1 is 1.32 bits per heavy atom. The zero-order chi connectivity index (χ0) is 17.6. The Hall–Kier alpha value is -2.80. The predicted octanol–water partition coefficient (Wildman–Crippen LogP) is 1.47. The summed E-state index contributed by atoms with van der Waals surface area (Å²) in [5.41, 5.74) is 1.71. The van der Waals surface area contributed by atoms with Crippen molar-refractivity contribution in [2.45, 2.75) is 6.54 Å². The molecule has 1 aliphatic heterocycles. The second-order valence-corrected chi connectivity index (χ2v) is 5.70. The molecule has 7 nitrogen and oxygen atoms in total. The molecule has 25 heavy (non-hydrogen) atoms. The lowest BCUT2D eigenvalue weighted by Crippen LogP contribution is -2.40. The molecule has 1 aromatic heterocycles. The summed E-state index contributed by atoms with van der Waals surface area (Å²) in [4.78, 5) is 28.8. The molecule has 7 heteroatoms. The molecule has 1 aromatic carbocycles. The van der Waals surface area contributed by atoms with Gasteiger partial charge in [-0.1, -0.05) is 6.07 Å². The van der Waals surface area contributed by atoms with Gasteiger partial charge in [0.05, 0.1) is 26.0 Å². The fourth-order valence-electron chi connectivity index (χ4n) is 2.71. The second kappa shape index (κ2) is 7.85. The molecule has 3 rings (SSSR count). The van der Waals surface area contributed by atoms with E-state index in [4.69, 9.17) is 9.47 Å². The first-order chi connectivity index (χ1) is 12.2. The molecule has 2 aromatic rings. The quantitative estimate of drug-likeness (QED) is 0.859. The molecule has 0 atom stereocenters. The molecule has 0 aliphatic carbocycles. The van der Waals surface area contributed by atoms with Gasteiger partial charge >= 0.3 is 0 Å². The van der Waals surface area contributed by atoms with Gasteiger partial charge in [0.2, 0.25) is 0 Å². The van der Waals surface area contributed by atoms with Crippen molar-refractivity contribution in [3.8, 4) is 5.75 Å². The SMILES string of the molecule is COc1ccc(C(=O)N2CCOCC2)cc1NCc1ccc[nH]c1=O. The third kappa shape index (κ3) is 4.00. The normalized spacial score (nSPS) is 14.2. The molecule has 2 N–H and O–H groups in total. The Balaban J connectivity index is 1.79. The molecule has 1 fully saturated rings. The Morgan fingerprint density at radius 2 is 2.12 bits per heavy atom. The number of nitrogens with one attached hydrogen (secondary N) is 2. The highest BCUT2D eigenvalue weighted by Gasteiger charge is 2.19. The zero-order valence-corrected chi connectivity index (χ0v) is 14.1. The van der Waals surface area contributed by atoms with Crippen LogP contribution in [0, 0.1) is 0 Å². The summed E-state index contributed by atoms with van der Waals surface area (Å²) in [5, 5.41) is 3.18. The molecule has 132 valence electrons. The van der Waals surface area contributed by atoms with Gasteiger partial charge in [-0.3, -0.25) is 9.59 Å². The van der Waals surface area contributed by atoms with Gasteiger partial charge in [-0.25, -0.2) is 0 Å². The van der Waals surface area contributed by atoms with Crippen LogP contribution in [0.5, 0.6) is 5.75 Å². The van der Waals surface area contributed by atoms with E-state index in [1.807, 2.05) is 0 Å². The molecular formula is C18H21N3O4. The highest BCUT2D eigenvalue weighted by atomic mass is 16.5. The van der Waals surface area contributed by atoms with E-state index in [1.54, 1.807) is 48.5 Å². The van der Waals surface area contributed by atoms with Crippen LogP contribution in [0.1, 0.15) is 15.9 Å². The minimum Gasteiger partial charge on any atom is -0.495 e. The third-order valence-electron chi connectivity index (χ3n) is 4.11. The Bertz CT molecular complexity index is 797. The average molecular weight is 343 g/mol. The van der Waals surface area contributed by atoms with Gasteiger partial charge in [-0.05, 0) is 24.3 Å². The fraction of sp³-hybridized carbons (Fsp3) is 0.333. The molecule has 0 spiro atoms. The zero-order valence-electron chi connectivity index (χ0n) is 14.1. The van der Waals surface area contributed by atoms with Crippen LogP contribution in [0.25, 0.3) is 0 Å². The molecule has 2 heterocycles. The minimum absolute atomic E-state index is 0.0356. The number of hydrogen-bond acceptors (Lipinski definition) is 5. The summed E-state index contributed by atoms with van der Waals surface area (Å²) in [6.45, 7) is 2.63. The van der Waals surface area contributed by atoms with Crippen LogP contribution in [0.3, 0.4) is 0 Å². The number of aromatic amines is 1. The maximum atomic E-state index is 12.6. The summed E-state index contributed by atoms with van der Waals surface area (Å²) in [6.07, 6.45) is 1.59. The van der Waals surface area contributed by atoms with Crippen LogP contribution in [0.4, 0.5) is 5.69 Å². The monoisotopic (exact) mass is 343 g/mol. The van der Waals surface area contributed by atoms with E-state index < -0.39 is 0 Å². The van der Waals surface area contributed by atoms with Crippen molar-refractivity contribution in [3.05, 3.63) is 58.0 Å². The van der Waals surface area contributed by atoms with E-state index in [1.165, 1.54) is 0 Å². The molecular weight excluding hydrogens is 322 g/mol. The highest BCUT2D eigenvalue weighted by Crippen LogP contribution is 2.26. The number of H-pyrrole nitrogens is 1. The number of amides is 1. The molecule has 1 aliphatic rings. The van der Waals surface area contributed by atoms with Crippen LogP contribution in [0.15, 0.2) is 41.3 Å². The lowest BCUT2D eigenvalue weighted by molar-refractivity contribution is 0.0303. The van der Waals surface area contributed by atoms with E-state index in [0.29, 0.717) is 55.4 Å². The third-order valence-corrected chi connectivity index (χ3v) is 4.11. The summed E-state index contributed by atoms with van der Waals surface area (Å²) < 4.78 is 10.6. The maximum absolute atomic E-state index is 12.6. The number of morpholine rings is 1. The van der Waals surface area contributed by atoms with Crippen molar-refractivity contribution in [3.63, 3.8) is 0 Å². The lowest BCUT2D eigenvalue weighted by Gasteiger charge is -2.27. The number of carbonyl (C=O) groups excluding carboxylic acids is 1. The largest absolute Gasteiger partial charge is 0.495 e. The Morgan fingerprint density at radius 3 is 2.84 bits per heavy atom. The Labute approximate surface area is 145 Å². The van der Waals surface area contributed by atoms with Crippen LogP contribution >= 0.6 is 0 Å². The lowest BCUT2D eigenvalue weighted by atomic mass is 10.1. The number of anilines is 1. The highest BCUT2D eigenvalue weighted by molar-refractivity contribution is 5.95. The molecule has 0 unspecified atom stereocenters. The van der Waals surface area contributed by atoms with Crippen LogP contribution in [-0.2, 0) is 11.3 Å². The van der Waals surface area contributed by atoms with Crippen molar-refractivity contribution in [1.29, 1.82) is 0 Å². The van der Waals surface area contributed by atoms with Gasteiger partial charge in [0, 0.05) is 37.0 Å². The van der Waals surface area contributed by atoms with E-state index in [0.717, 1.165) is 0 Å². The number of pyridine rings is 1. The van der Waals surface area contributed by atoms with Gasteiger partial charge < -0.3 is 24.7 Å². The second-order valence-electron chi connectivity index (χ2n) is 5.70. The van der Waals surface area contributed by atoms with Crippen molar-refractivity contribution in [2.75, 3.05) is 38.7 Å². The average Bonchev–Trinajstić information content (AvgIpc) is 2.67. The van der Waals surface area contributed by atoms with Crippen LogP contribution in [-0.4, -0.2) is 49.2 Å². The van der Waals surface area contributed by atoms with Gasteiger partial charge in [-0.15, -0.1) is 0 Å². The molecule has 0 radical (unpaired) electrons. The summed E-state index contributed by atoms with van der Waals surface area (Å²) in [7, 11) is 1.57. The van der Waals surface area contributed by atoms with Gasteiger partial charge in [-0.2, -0.15) is 0 Å². The van der Waals surface area contributed by atoms with E-state index >= 15 is 0 Å². The number of carbonyl (C=O) groups is 1. The van der Waals surface area contributed by atoms with Gasteiger partial charge in [0.1, 0.15) is 5.75 Å². The van der Waals surface area contributed by atoms with E-state index in [2.05, 4.69) is 10.3 Å². The first-order valence-electron chi connectivity index (χ1n) is 8.14. The minimum atomic E-state index is -0.144. The summed E-state index contributed by atoms with van der Waals surface area (Å²) >= 11 is 0. The number of nitrogens with zero attached hydrogens (tertiary/aromatic N) is 1. The number of aromatic nitrogens is 1. The smallest absolute Gasteiger partial charge is 0.254 e. The first kappa shape index (κ1) is 17.0. The molecule has 0 saturated carbocycles. The summed E-state index contributed by atoms with van der Waals surface area (Å²) in [5.74, 6) is 0.581. The van der Waals surface area contributed by atoms with E-state index in [-0.39, 0.29) is 11.5 Å². The topological polar surface area (TPSA) is 83.7 Å². The number of rotatable bonds is 5. The van der Waals surface area contributed by atoms with Gasteiger partial charge in [0.15, 0.2) is 0 Å². The van der Waals surface area contributed by atoms with Crippen molar-refractivity contribution >= 4 is 11.6 Å². The maximum Gasteiger partial charge on any atom is 0.254 e. The van der Waals surface area contributed by atoms with Crippen molar-refractivity contribution < 1.29 is 14.3 Å². The van der Waals surface area contributed by atoms with Crippen LogP contribution in [0.2, 0.25) is 0 Å². The molecule has 1 amide bonds. The summed E-state index contributed by atoms with van der Waals surface area (Å²) in [6, 6.07) is 8.78. The van der Waals surface area contributed by atoms with Crippen molar-refractivity contribution in [1.82, 2.24) is 9.88 Å². The predicted molar refractivity (Wildman–Crippen MR) is 94.1 cm³/mol. The van der Waals surface area contributed by atoms with E-state index in [9.17, 15) is 9.59 Å². The van der Waals surface area contributed by atoms with Crippen LogP contribution < -0.4 is 15.6 Å². The number of hydrogen-bond donors (Lipinski definition) is 2. The Kier molecular flexibility index (Phi) is 5.35. The first-order valence-corrected chi connectivity index (χ1v) is 8.14. The van der Waals surface area contributed by atoms with Crippen molar-refractivity contribution in [2.24, 2.45) is 0 Å². The number of ether oxygens (including phenoxy) is 2. The fourth-order valence-corrected chi connectivity index (χ4v) is 2.71. The number of methoxy groups -OCH3 is 1.